The summed E-state index contributed by atoms with van der Waals surface area (Å²) in [5.74, 6) is -0.496. The van der Waals surface area contributed by atoms with Crippen LogP contribution in [0, 0.1) is 10.1 Å². The van der Waals surface area contributed by atoms with Crippen molar-refractivity contribution in [1.82, 2.24) is 15.3 Å². The second-order valence-electron chi connectivity index (χ2n) is 3.91. The zero-order valence-electron chi connectivity index (χ0n) is 10.3. The summed E-state index contributed by atoms with van der Waals surface area (Å²) in [4.78, 5) is 29.8. The molecule has 0 saturated carbocycles. The van der Waals surface area contributed by atoms with Gasteiger partial charge in [0.05, 0.1) is 22.7 Å². The van der Waals surface area contributed by atoms with E-state index in [2.05, 4.69) is 15.3 Å². The lowest BCUT2D eigenvalue weighted by Gasteiger charge is -2.07. The first-order chi connectivity index (χ1) is 9.58. The Morgan fingerprint density at radius 2 is 2.20 bits per heavy atom. The first-order valence-electron chi connectivity index (χ1n) is 5.65. The van der Waals surface area contributed by atoms with Gasteiger partial charge in [-0.1, -0.05) is 0 Å². The first-order valence-corrected chi connectivity index (χ1v) is 5.65. The SMILES string of the molecule is Nc1ccc([N+](=O)[O-])cc1C(=O)NCc1ccncn1. The van der Waals surface area contributed by atoms with Crippen LogP contribution in [0.4, 0.5) is 11.4 Å². The van der Waals surface area contributed by atoms with Crippen LogP contribution < -0.4 is 11.1 Å². The van der Waals surface area contributed by atoms with Gasteiger partial charge in [0.25, 0.3) is 11.6 Å². The summed E-state index contributed by atoms with van der Waals surface area (Å²) in [5, 5.41) is 13.3. The van der Waals surface area contributed by atoms with Crippen LogP contribution in [0.25, 0.3) is 0 Å². The molecule has 1 amide bonds. The normalized spacial score (nSPS) is 10.0. The minimum atomic E-state index is -0.583. The second-order valence-corrected chi connectivity index (χ2v) is 3.91. The largest absolute Gasteiger partial charge is 0.398 e. The molecule has 1 heterocycles. The molecule has 0 bridgehead atoms. The molecule has 0 spiro atoms. The molecule has 0 aliphatic heterocycles. The fourth-order valence-electron chi connectivity index (χ4n) is 1.54. The van der Waals surface area contributed by atoms with Crippen molar-refractivity contribution < 1.29 is 9.72 Å². The van der Waals surface area contributed by atoms with Crippen LogP contribution in [0.5, 0.6) is 0 Å². The van der Waals surface area contributed by atoms with Gasteiger partial charge in [0, 0.05) is 24.0 Å². The first kappa shape index (κ1) is 13.4. The molecule has 1 aromatic carbocycles. The number of nitrogens with two attached hydrogens (primary N) is 1. The van der Waals surface area contributed by atoms with Crippen LogP contribution in [-0.4, -0.2) is 20.8 Å². The Bertz CT molecular complexity index is 645. The van der Waals surface area contributed by atoms with Crippen LogP contribution in [0.15, 0.2) is 36.8 Å². The molecule has 8 nitrogen and oxygen atoms in total. The number of aromatic nitrogens is 2. The summed E-state index contributed by atoms with van der Waals surface area (Å²) in [7, 11) is 0. The Morgan fingerprint density at radius 3 is 2.85 bits per heavy atom. The van der Waals surface area contributed by atoms with E-state index in [1.54, 1.807) is 12.3 Å². The molecule has 0 fully saturated rings. The lowest BCUT2D eigenvalue weighted by Crippen LogP contribution is -2.24. The van der Waals surface area contributed by atoms with E-state index in [-0.39, 0.29) is 23.5 Å². The molecule has 2 aromatic rings. The average Bonchev–Trinajstić information content (AvgIpc) is 2.46. The third-order valence-corrected chi connectivity index (χ3v) is 2.57. The van der Waals surface area contributed by atoms with Gasteiger partial charge in [-0.3, -0.25) is 14.9 Å². The van der Waals surface area contributed by atoms with Crippen molar-refractivity contribution in [3.8, 4) is 0 Å². The van der Waals surface area contributed by atoms with E-state index in [1.165, 1.54) is 18.5 Å². The van der Waals surface area contributed by atoms with E-state index in [1.807, 2.05) is 0 Å². The molecule has 0 aliphatic carbocycles. The van der Waals surface area contributed by atoms with Gasteiger partial charge in [-0.25, -0.2) is 9.97 Å². The number of nitrogens with zero attached hydrogens (tertiary/aromatic N) is 3. The Hall–Kier alpha value is -3.03. The van der Waals surface area contributed by atoms with Crippen molar-refractivity contribution in [3.63, 3.8) is 0 Å². The van der Waals surface area contributed by atoms with Gasteiger partial charge in [-0.05, 0) is 12.1 Å². The van der Waals surface area contributed by atoms with E-state index in [0.29, 0.717) is 5.69 Å². The number of nitrogens with one attached hydrogen (secondary N) is 1. The minimum absolute atomic E-state index is 0.0632. The smallest absolute Gasteiger partial charge is 0.270 e. The van der Waals surface area contributed by atoms with Crippen LogP contribution in [0.3, 0.4) is 0 Å². The third-order valence-electron chi connectivity index (χ3n) is 2.57. The number of non-ortho nitro benzene ring substituents is 1. The van der Waals surface area contributed by atoms with Crippen molar-refractivity contribution in [3.05, 3.63) is 58.2 Å². The molecule has 1 aromatic heterocycles. The maximum atomic E-state index is 12.0. The van der Waals surface area contributed by atoms with Crippen LogP contribution in [0.2, 0.25) is 0 Å². The number of benzene rings is 1. The highest BCUT2D eigenvalue weighted by Crippen LogP contribution is 2.19. The molecule has 0 radical (unpaired) electrons. The van der Waals surface area contributed by atoms with Gasteiger partial charge in [0.1, 0.15) is 6.33 Å². The van der Waals surface area contributed by atoms with Crippen molar-refractivity contribution in [2.45, 2.75) is 6.54 Å². The molecule has 8 heteroatoms. The fraction of sp³-hybridized carbons (Fsp3) is 0.0833. The van der Waals surface area contributed by atoms with Crippen molar-refractivity contribution in [1.29, 1.82) is 0 Å². The maximum Gasteiger partial charge on any atom is 0.270 e. The number of nitro groups is 1. The highest BCUT2D eigenvalue weighted by Gasteiger charge is 2.15. The highest BCUT2D eigenvalue weighted by atomic mass is 16.6. The number of carbonyl (C=O) groups excluding carboxylic acids is 1. The monoisotopic (exact) mass is 273 g/mol. The van der Waals surface area contributed by atoms with E-state index >= 15 is 0 Å². The second kappa shape index (κ2) is 5.74. The predicted octanol–water partition coefficient (Wildman–Crippen LogP) is 0.897. The van der Waals surface area contributed by atoms with E-state index in [0.717, 1.165) is 6.07 Å². The van der Waals surface area contributed by atoms with Gasteiger partial charge in [-0.15, -0.1) is 0 Å². The lowest BCUT2D eigenvalue weighted by molar-refractivity contribution is -0.384. The van der Waals surface area contributed by atoms with Gasteiger partial charge in [0.15, 0.2) is 0 Å². The number of carbonyl (C=O) groups is 1. The summed E-state index contributed by atoms with van der Waals surface area (Å²) in [6.45, 7) is 0.184. The number of hydrogen-bond donors (Lipinski definition) is 2. The number of anilines is 1. The van der Waals surface area contributed by atoms with Crippen molar-refractivity contribution in [2.75, 3.05) is 5.73 Å². The lowest BCUT2D eigenvalue weighted by atomic mass is 10.1. The number of amides is 1. The van der Waals surface area contributed by atoms with Crippen LogP contribution in [0.1, 0.15) is 16.1 Å². The zero-order valence-corrected chi connectivity index (χ0v) is 10.3. The van der Waals surface area contributed by atoms with Gasteiger partial charge in [-0.2, -0.15) is 0 Å². The molecule has 3 N–H and O–H groups in total. The number of nitrogen functional groups attached to an aromatic ring is 1. The summed E-state index contributed by atoms with van der Waals surface area (Å²) in [6.07, 6.45) is 2.92. The summed E-state index contributed by atoms with van der Waals surface area (Å²) < 4.78 is 0. The standard InChI is InChI=1S/C12H11N5O3/c13-11-2-1-9(17(19)20)5-10(11)12(18)15-6-8-3-4-14-7-16-8/h1-5,7H,6,13H2,(H,15,18). The number of hydrogen-bond acceptors (Lipinski definition) is 6. The summed E-state index contributed by atoms with van der Waals surface area (Å²) >= 11 is 0. The van der Waals surface area contributed by atoms with Crippen molar-refractivity contribution >= 4 is 17.3 Å². The number of rotatable bonds is 4. The van der Waals surface area contributed by atoms with Gasteiger partial charge in [0.2, 0.25) is 0 Å². The molecular formula is C12H11N5O3. The Balaban J connectivity index is 2.13. The van der Waals surface area contributed by atoms with Crippen molar-refractivity contribution in [2.24, 2.45) is 0 Å². The maximum absolute atomic E-state index is 12.0. The molecular weight excluding hydrogens is 262 g/mol. The van der Waals surface area contributed by atoms with Crippen LogP contribution in [-0.2, 0) is 6.54 Å². The minimum Gasteiger partial charge on any atom is -0.398 e. The van der Waals surface area contributed by atoms with E-state index in [4.69, 9.17) is 5.73 Å². The molecule has 2 rings (SSSR count). The molecule has 0 aliphatic rings. The molecule has 20 heavy (non-hydrogen) atoms. The summed E-state index contributed by atoms with van der Waals surface area (Å²) in [5.41, 5.74) is 6.32. The highest BCUT2D eigenvalue weighted by molar-refractivity contribution is 5.99. The van der Waals surface area contributed by atoms with Gasteiger partial charge >= 0.3 is 0 Å². The average molecular weight is 273 g/mol. The third kappa shape index (κ3) is 3.05. The fourth-order valence-corrected chi connectivity index (χ4v) is 1.54. The molecule has 0 atom stereocenters. The zero-order chi connectivity index (χ0) is 14.5. The number of nitro benzene ring substituents is 1. The molecule has 0 unspecified atom stereocenters. The predicted molar refractivity (Wildman–Crippen MR) is 70.7 cm³/mol. The quantitative estimate of drug-likeness (QED) is 0.484. The van der Waals surface area contributed by atoms with E-state index < -0.39 is 10.8 Å². The Morgan fingerprint density at radius 1 is 1.40 bits per heavy atom. The Kier molecular flexibility index (Phi) is 3.85. The van der Waals surface area contributed by atoms with Gasteiger partial charge < -0.3 is 11.1 Å². The Labute approximate surface area is 113 Å². The van der Waals surface area contributed by atoms with E-state index in [9.17, 15) is 14.9 Å². The topological polar surface area (TPSA) is 124 Å². The summed E-state index contributed by atoms with van der Waals surface area (Å²) in [6, 6.07) is 5.37. The molecule has 102 valence electrons. The van der Waals surface area contributed by atoms with Crippen LogP contribution >= 0.6 is 0 Å². The molecule has 0 saturated heterocycles.